The molecule has 3 rings (SSSR count). The van der Waals surface area contributed by atoms with Gasteiger partial charge in [-0.1, -0.05) is 12.1 Å². The maximum Gasteiger partial charge on any atom is 0.241 e. The molecule has 2 N–H and O–H groups in total. The summed E-state index contributed by atoms with van der Waals surface area (Å²) < 4.78 is 0. The Morgan fingerprint density at radius 2 is 1.83 bits per heavy atom. The summed E-state index contributed by atoms with van der Waals surface area (Å²) in [6, 6.07) is 7.77. The van der Waals surface area contributed by atoms with E-state index in [4.69, 9.17) is 0 Å². The number of carbonyl (C=O) groups is 2. The van der Waals surface area contributed by atoms with Crippen LogP contribution in [0.3, 0.4) is 0 Å². The highest BCUT2D eigenvalue weighted by atomic mass is 35.5. The van der Waals surface area contributed by atoms with Crippen molar-refractivity contribution >= 4 is 29.9 Å². The van der Waals surface area contributed by atoms with E-state index in [0.29, 0.717) is 6.42 Å². The van der Waals surface area contributed by atoms with Crippen molar-refractivity contribution in [2.75, 3.05) is 25.0 Å². The molecule has 0 aliphatic carbocycles. The zero-order valence-electron chi connectivity index (χ0n) is 13.9. The van der Waals surface area contributed by atoms with E-state index in [9.17, 15) is 9.59 Å². The molecule has 2 saturated heterocycles. The highest BCUT2D eigenvalue weighted by Crippen LogP contribution is 2.15. The number of amides is 2. The Bertz CT molecular complexity index is 550. The molecule has 132 valence electrons. The van der Waals surface area contributed by atoms with Gasteiger partial charge in [0.2, 0.25) is 11.8 Å². The number of likely N-dealkylation sites (tertiary alicyclic amines) is 1. The maximum atomic E-state index is 12.0. The highest BCUT2D eigenvalue weighted by molar-refractivity contribution is 5.95. The lowest BCUT2D eigenvalue weighted by atomic mass is 10.1. The first-order valence-electron chi connectivity index (χ1n) is 8.63. The molecule has 2 amide bonds. The molecular weight excluding hydrogens is 326 g/mol. The number of benzene rings is 1. The smallest absolute Gasteiger partial charge is 0.241 e. The Morgan fingerprint density at radius 1 is 1.12 bits per heavy atom. The van der Waals surface area contributed by atoms with Crippen molar-refractivity contribution in [3.05, 3.63) is 29.8 Å². The van der Waals surface area contributed by atoms with E-state index in [1.54, 1.807) is 0 Å². The summed E-state index contributed by atoms with van der Waals surface area (Å²) in [7, 11) is 0. The van der Waals surface area contributed by atoms with Crippen LogP contribution in [-0.4, -0.2) is 42.4 Å². The number of nitrogens with zero attached hydrogens (tertiary/aromatic N) is 1. The van der Waals surface area contributed by atoms with Gasteiger partial charge in [-0.15, -0.1) is 12.4 Å². The van der Waals surface area contributed by atoms with Gasteiger partial charge in [0.15, 0.2) is 0 Å². The first kappa shape index (κ1) is 18.7. The second kappa shape index (κ2) is 9.04. The van der Waals surface area contributed by atoms with Gasteiger partial charge in [-0.25, -0.2) is 0 Å². The summed E-state index contributed by atoms with van der Waals surface area (Å²) in [5.74, 6) is 0.298. The van der Waals surface area contributed by atoms with Gasteiger partial charge in [0.05, 0.1) is 6.04 Å². The fraction of sp³-hybridized carbons (Fsp3) is 0.556. The van der Waals surface area contributed by atoms with Crippen LogP contribution in [0.5, 0.6) is 0 Å². The minimum absolute atomic E-state index is 0. The number of carbonyl (C=O) groups excluding carboxylic acids is 2. The molecule has 2 aliphatic heterocycles. The van der Waals surface area contributed by atoms with Crippen LogP contribution >= 0.6 is 12.4 Å². The zero-order chi connectivity index (χ0) is 16.1. The van der Waals surface area contributed by atoms with Crippen LogP contribution in [0.4, 0.5) is 5.69 Å². The van der Waals surface area contributed by atoms with Crippen molar-refractivity contribution in [2.24, 2.45) is 0 Å². The summed E-state index contributed by atoms with van der Waals surface area (Å²) in [6.07, 6.45) is 5.56. The van der Waals surface area contributed by atoms with Gasteiger partial charge < -0.3 is 15.5 Å². The minimum atomic E-state index is -0.0623. The molecule has 24 heavy (non-hydrogen) atoms. The van der Waals surface area contributed by atoms with E-state index in [-0.39, 0.29) is 30.3 Å². The number of anilines is 1. The van der Waals surface area contributed by atoms with Crippen LogP contribution in [0.15, 0.2) is 24.3 Å². The Labute approximate surface area is 149 Å². The van der Waals surface area contributed by atoms with E-state index < -0.39 is 0 Å². The van der Waals surface area contributed by atoms with Crippen molar-refractivity contribution < 1.29 is 9.59 Å². The summed E-state index contributed by atoms with van der Waals surface area (Å²) >= 11 is 0. The average molecular weight is 352 g/mol. The largest absolute Gasteiger partial charge is 0.343 e. The van der Waals surface area contributed by atoms with Gasteiger partial charge in [0.25, 0.3) is 0 Å². The van der Waals surface area contributed by atoms with Crippen LogP contribution in [0.1, 0.15) is 37.7 Å². The number of nitrogens with one attached hydrogen (secondary N) is 2. The minimum Gasteiger partial charge on any atom is -0.343 e. The van der Waals surface area contributed by atoms with Gasteiger partial charge in [-0.05, 0) is 56.3 Å². The zero-order valence-corrected chi connectivity index (χ0v) is 14.7. The summed E-state index contributed by atoms with van der Waals surface area (Å²) in [5.41, 5.74) is 1.95. The van der Waals surface area contributed by atoms with E-state index >= 15 is 0 Å². The summed E-state index contributed by atoms with van der Waals surface area (Å²) in [6.45, 7) is 2.75. The molecule has 1 aromatic carbocycles. The van der Waals surface area contributed by atoms with Crippen LogP contribution in [0, 0.1) is 0 Å². The number of hydrogen-bond acceptors (Lipinski definition) is 3. The van der Waals surface area contributed by atoms with Gasteiger partial charge in [-0.2, -0.15) is 0 Å². The molecule has 2 heterocycles. The van der Waals surface area contributed by atoms with Crippen LogP contribution in [-0.2, 0) is 16.0 Å². The van der Waals surface area contributed by atoms with Gasteiger partial charge >= 0.3 is 0 Å². The predicted molar refractivity (Wildman–Crippen MR) is 97.5 cm³/mol. The molecule has 2 aliphatic rings. The Hall–Kier alpha value is -1.59. The SMILES string of the molecule is Cl.O=C(Nc1ccc(CCC(=O)N2CCCC2)cc1)C1CCCN1. The monoisotopic (exact) mass is 351 g/mol. The molecule has 0 radical (unpaired) electrons. The number of hydrogen-bond donors (Lipinski definition) is 2. The lowest BCUT2D eigenvalue weighted by Crippen LogP contribution is -2.35. The fourth-order valence-corrected chi connectivity index (χ4v) is 3.27. The van der Waals surface area contributed by atoms with Gasteiger partial charge in [0, 0.05) is 25.2 Å². The molecular formula is C18H26ClN3O2. The highest BCUT2D eigenvalue weighted by Gasteiger charge is 2.21. The third-order valence-corrected chi connectivity index (χ3v) is 4.68. The first-order chi connectivity index (χ1) is 11.2. The van der Waals surface area contributed by atoms with Crippen molar-refractivity contribution in [1.29, 1.82) is 0 Å². The molecule has 2 fully saturated rings. The molecule has 0 saturated carbocycles. The average Bonchev–Trinajstić information content (AvgIpc) is 3.27. The summed E-state index contributed by atoms with van der Waals surface area (Å²) in [5, 5.41) is 6.14. The van der Waals surface area contributed by atoms with E-state index in [2.05, 4.69) is 10.6 Å². The Morgan fingerprint density at radius 3 is 2.46 bits per heavy atom. The number of rotatable bonds is 5. The van der Waals surface area contributed by atoms with Gasteiger partial charge in [-0.3, -0.25) is 9.59 Å². The molecule has 1 aromatic rings. The van der Waals surface area contributed by atoms with Crippen LogP contribution in [0.2, 0.25) is 0 Å². The molecule has 1 unspecified atom stereocenters. The molecule has 0 bridgehead atoms. The molecule has 6 heteroatoms. The van der Waals surface area contributed by atoms with Crippen LogP contribution in [0.25, 0.3) is 0 Å². The van der Waals surface area contributed by atoms with E-state index in [1.807, 2.05) is 29.2 Å². The molecule has 0 spiro atoms. The van der Waals surface area contributed by atoms with E-state index in [0.717, 1.165) is 63.0 Å². The van der Waals surface area contributed by atoms with Crippen molar-refractivity contribution in [3.63, 3.8) is 0 Å². The van der Waals surface area contributed by atoms with Crippen molar-refractivity contribution in [1.82, 2.24) is 10.2 Å². The lowest BCUT2D eigenvalue weighted by Gasteiger charge is -2.15. The van der Waals surface area contributed by atoms with Gasteiger partial charge in [0.1, 0.15) is 0 Å². The quantitative estimate of drug-likeness (QED) is 0.856. The third-order valence-electron chi connectivity index (χ3n) is 4.68. The number of aryl methyl sites for hydroxylation is 1. The van der Waals surface area contributed by atoms with Crippen molar-refractivity contribution in [3.8, 4) is 0 Å². The van der Waals surface area contributed by atoms with Crippen LogP contribution < -0.4 is 10.6 Å². The fourth-order valence-electron chi connectivity index (χ4n) is 3.27. The normalized spacial score (nSPS) is 19.8. The summed E-state index contributed by atoms with van der Waals surface area (Å²) in [4.78, 5) is 26.0. The molecule has 5 nitrogen and oxygen atoms in total. The second-order valence-corrected chi connectivity index (χ2v) is 6.42. The Balaban J connectivity index is 0.00000208. The third kappa shape index (κ3) is 4.95. The Kier molecular flexibility index (Phi) is 7.06. The predicted octanol–water partition coefficient (Wildman–Crippen LogP) is 2.35. The van der Waals surface area contributed by atoms with E-state index in [1.165, 1.54) is 0 Å². The molecule has 1 atom stereocenters. The first-order valence-corrected chi connectivity index (χ1v) is 8.63. The topological polar surface area (TPSA) is 61.4 Å². The molecule has 0 aromatic heterocycles. The lowest BCUT2D eigenvalue weighted by molar-refractivity contribution is -0.130. The maximum absolute atomic E-state index is 12.0. The number of halogens is 1. The van der Waals surface area contributed by atoms with Crippen molar-refractivity contribution in [2.45, 2.75) is 44.6 Å². The second-order valence-electron chi connectivity index (χ2n) is 6.42. The standard InChI is InChI=1S/C18H25N3O2.ClH/c22-17(21-12-1-2-13-21)10-7-14-5-8-15(9-6-14)20-18(23)16-4-3-11-19-16;/h5-6,8-9,16,19H,1-4,7,10-13H2,(H,20,23);1H.